The van der Waals surface area contributed by atoms with E-state index in [-0.39, 0.29) is 17.5 Å². The van der Waals surface area contributed by atoms with Gasteiger partial charge < -0.3 is 10.2 Å². The smallest absolute Gasteiger partial charge is 0.431 e. The van der Waals surface area contributed by atoms with E-state index in [1.807, 2.05) is 0 Å². The van der Waals surface area contributed by atoms with Crippen LogP contribution in [0, 0.1) is 6.92 Å². The second-order valence-corrected chi connectivity index (χ2v) is 3.89. The molecule has 6 nitrogen and oxygen atoms in total. The molecular weight excluding hydrogens is 277 g/mol. The monoisotopic (exact) mass is 286 g/mol. The molecule has 0 unspecified atom stereocenters. The van der Waals surface area contributed by atoms with Crippen LogP contribution in [-0.2, 0) is 6.18 Å². The van der Waals surface area contributed by atoms with Crippen LogP contribution in [0.15, 0.2) is 22.8 Å². The van der Waals surface area contributed by atoms with Gasteiger partial charge in [0.2, 0.25) is 0 Å². The van der Waals surface area contributed by atoms with Crippen molar-refractivity contribution in [3.63, 3.8) is 0 Å². The van der Waals surface area contributed by atoms with Gasteiger partial charge in [0.25, 0.3) is 5.91 Å². The Bertz CT molecular complexity index is 651. The van der Waals surface area contributed by atoms with Gasteiger partial charge in [-0.05, 0) is 18.6 Å². The Morgan fingerprint density at radius 2 is 2.05 bits per heavy atom. The highest BCUT2D eigenvalue weighted by Crippen LogP contribution is 2.30. The number of hydrogen-bond acceptors (Lipinski definition) is 5. The van der Waals surface area contributed by atoms with Gasteiger partial charge in [0.05, 0.1) is 0 Å². The van der Waals surface area contributed by atoms with Crippen LogP contribution in [0.3, 0.4) is 0 Å². The fourth-order valence-corrected chi connectivity index (χ4v) is 1.36. The maximum Gasteiger partial charge on any atom is 0.433 e. The third kappa shape index (κ3) is 2.87. The zero-order chi connectivity index (χ0) is 14.9. The van der Waals surface area contributed by atoms with E-state index >= 15 is 0 Å². The maximum atomic E-state index is 12.6. The molecular formula is C11H9F3N4O2. The summed E-state index contributed by atoms with van der Waals surface area (Å²) in [6.45, 7) is 1.56. The number of aryl methyl sites for hydroxylation is 1. The van der Waals surface area contributed by atoms with E-state index < -0.39 is 17.8 Å². The summed E-state index contributed by atoms with van der Waals surface area (Å²) < 4.78 is 42.5. The number of primary amides is 1. The Balaban J connectivity index is 2.30. The number of amides is 1. The zero-order valence-electron chi connectivity index (χ0n) is 10.2. The highest BCUT2D eigenvalue weighted by molar-refractivity contribution is 5.90. The van der Waals surface area contributed by atoms with Crippen molar-refractivity contribution in [3.05, 3.63) is 35.3 Å². The largest absolute Gasteiger partial charge is 0.433 e. The first-order valence-electron chi connectivity index (χ1n) is 5.34. The van der Waals surface area contributed by atoms with Crippen LogP contribution < -0.4 is 11.1 Å². The zero-order valence-corrected chi connectivity index (χ0v) is 10.2. The van der Waals surface area contributed by atoms with E-state index in [0.717, 1.165) is 12.3 Å². The molecule has 0 aliphatic rings. The van der Waals surface area contributed by atoms with Crippen LogP contribution in [0.1, 0.15) is 21.7 Å². The predicted octanol–water partition coefficient (Wildman–Crippen LogP) is 2.24. The van der Waals surface area contributed by atoms with E-state index in [9.17, 15) is 18.0 Å². The summed E-state index contributed by atoms with van der Waals surface area (Å²) in [7, 11) is 0. The summed E-state index contributed by atoms with van der Waals surface area (Å²) in [6.07, 6.45) is -3.56. The first-order valence-corrected chi connectivity index (χ1v) is 5.34. The summed E-state index contributed by atoms with van der Waals surface area (Å²) in [5.41, 5.74) is 4.24. The van der Waals surface area contributed by atoms with Crippen molar-refractivity contribution in [3.8, 4) is 0 Å². The molecule has 0 aromatic carbocycles. The lowest BCUT2D eigenvalue weighted by Gasteiger charge is -2.10. The summed E-state index contributed by atoms with van der Waals surface area (Å²) in [4.78, 5) is 17.9. The molecule has 2 rings (SSSR count). The molecule has 0 aliphatic carbocycles. The van der Waals surface area contributed by atoms with E-state index in [2.05, 4.69) is 15.3 Å². The van der Waals surface area contributed by atoms with Crippen LogP contribution in [-0.4, -0.2) is 15.9 Å². The number of hydrogen-bond donors (Lipinski definition) is 2. The SMILES string of the molecule is Cc1ccc(C(F)(F)F)nc1Nc1nc(C(N)=O)co1. The number of nitrogens with zero attached hydrogens (tertiary/aromatic N) is 2. The lowest BCUT2D eigenvalue weighted by molar-refractivity contribution is -0.141. The average molecular weight is 286 g/mol. The van der Waals surface area contributed by atoms with Gasteiger partial charge in [-0.3, -0.25) is 10.1 Å². The molecule has 2 aromatic heterocycles. The van der Waals surface area contributed by atoms with Crippen molar-refractivity contribution in [2.24, 2.45) is 5.73 Å². The van der Waals surface area contributed by atoms with Gasteiger partial charge in [0.1, 0.15) is 17.8 Å². The topological polar surface area (TPSA) is 94.0 Å². The quantitative estimate of drug-likeness (QED) is 0.902. The Morgan fingerprint density at radius 3 is 2.60 bits per heavy atom. The number of carbonyl (C=O) groups excluding carboxylic acids is 1. The van der Waals surface area contributed by atoms with Crippen molar-refractivity contribution in [2.75, 3.05) is 5.32 Å². The molecule has 1 amide bonds. The number of nitrogens with two attached hydrogens (primary N) is 1. The maximum absolute atomic E-state index is 12.6. The Hall–Kier alpha value is -2.58. The Morgan fingerprint density at radius 1 is 1.35 bits per heavy atom. The fourth-order valence-electron chi connectivity index (χ4n) is 1.36. The van der Waals surface area contributed by atoms with Crippen molar-refractivity contribution >= 4 is 17.7 Å². The van der Waals surface area contributed by atoms with Crippen LogP contribution in [0.25, 0.3) is 0 Å². The number of oxazole rings is 1. The van der Waals surface area contributed by atoms with Gasteiger partial charge in [0.15, 0.2) is 5.69 Å². The molecule has 0 spiro atoms. The highest BCUT2D eigenvalue weighted by Gasteiger charge is 2.33. The van der Waals surface area contributed by atoms with E-state index in [1.54, 1.807) is 6.92 Å². The van der Waals surface area contributed by atoms with Gasteiger partial charge in [0, 0.05) is 0 Å². The molecule has 2 heterocycles. The molecule has 0 fully saturated rings. The number of pyridine rings is 1. The minimum atomic E-state index is -4.56. The Labute approximate surface area is 110 Å². The van der Waals surface area contributed by atoms with Gasteiger partial charge in [-0.15, -0.1) is 0 Å². The standard InChI is InChI=1S/C11H9F3N4O2/c1-5-2-3-7(11(12,13)14)17-9(5)18-10-16-6(4-20-10)8(15)19/h2-4H,1H3,(H2,15,19)(H,16,17,18). The summed E-state index contributed by atoms with van der Waals surface area (Å²) in [5, 5.41) is 2.46. The number of carbonyl (C=O) groups is 1. The molecule has 106 valence electrons. The third-order valence-corrected chi connectivity index (χ3v) is 2.37. The second kappa shape index (κ2) is 4.83. The van der Waals surface area contributed by atoms with Crippen molar-refractivity contribution < 1.29 is 22.4 Å². The molecule has 0 saturated heterocycles. The molecule has 3 N–H and O–H groups in total. The van der Waals surface area contributed by atoms with Crippen molar-refractivity contribution in [1.82, 2.24) is 9.97 Å². The molecule has 0 saturated carbocycles. The molecule has 0 atom stereocenters. The normalized spacial score (nSPS) is 11.4. The van der Waals surface area contributed by atoms with Crippen molar-refractivity contribution in [1.29, 1.82) is 0 Å². The minimum absolute atomic E-state index is 0.0716. The van der Waals surface area contributed by atoms with Gasteiger partial charge >= 0.3 is 12.2 Å². The van der Waals surface area contributed by atoms with Gasteiger partial charge in [-0.25, -0.2) is 4.98 Å². The number of aromatic nitrogens is 2. The first-order chi connectivity index (χ1) is 9.27. The number of rotatable bonds is 3. The molecule has 0 bridgehead atoms. The van der Waals surface area contributed by atoms with E-state index in [1.165, 1.54) is 6.07 Å². The van der Waals surface area contributed by atoms with Crippen LogP contribution in [0.4, 0.5) is 25.0 Å². The minimum Gasteiger partial charge on any atom is -0.431 e. The first kappa shape index (κ1) is 13.8. The number of halogens is 3. The van der Waals surface area contributed by atoms with E-state index in [4.69, 9.17) is 10.2 Å². The number of nitrogens with one attached hydrogen (secondary N) is 1. The lowest BCUT2D eigenvalue weighted by Crippen LogP contribution is -2.11. The molecule has 2 aromatic rings. The number of alkyl halides is 3. The fraction of sp³-hybridized carbons (Fsp3) is 0.182. The molecule has 0 radical (unpaired) electrons. The Kier molecular flexibility index (Phi) is 3.35. The third-order valence-electron chi connectivity index (χ3n) is 2.37. The highest BCUT2D eigenvalue weighted by atomic mass is 19.4. The predicted molar refractivity (Wildman–Crippen MR) is 62.3 cm³/mol. The second-order valence-electron chi connectivity index (χ2n) is 3.89. The average Bonchev–Trinajstić information content (AvgIpc) is 2.79. The van der Waals surface area contributed by atoms with E-state index in [0.29, 0.717) is 5.56 Å². The van der Waals surface area contributed by atoms with Crippen LogP contribution in [0.5, 0.6) is 0 Å². The van der Waals surface area contributed by atoms with Crippen LogP contribution >= 0.6 is 0 Å². The molecule has 0 aliphatic heterocycles. The lowest BCUT2D eigenvalue weighted by atomic mass is 10.2. The van der Waals surface area contributed by atoms with Gasteiger partial charge in [-0.2, -0.15) is 18.2 Å². The summed E-state index contributed by atoms with van der Waals surface area (Å²) in [5.74, 6) is -0.881. The molecule has 9 heteroatoms. The number of anilines is 2. The van der Waals surface area contributed by atoms with Gasteiger partial charge in [-0.1, -0.05) is 6.07 Å². The summed E-state index contributed by atoms with van der Waals surface area (Å²) in [6, 6.07) is 1.95. The molecule has 20 heavy (non-hydrogen) atoms. The summed E-state index contributed by atoms with van der Waals surface area (Å²) >= 11 is 0. The van der Waals surface area contributed by atoms with Crippen molar-refractivity contribution in [2.45, 2.75) is 13.1 Å². The van der Waals surface area contributed by atoms with Crippen LogP contribution in [0.2, 0.25) is 0 Å².